The molecule has 1 aliphatic carbocycles. The highest BCUT2D eigenvalue weighted by Gasteiger charge is 2.53. The number of nitrogen functional groups attached to an aromatic ring is 1. The van der Waals surface area contributed by atoms with E-state index < -0.39 is 11.3 Å². The van der Waals surface area contributed by atoms with Crippen molar-refractivity contribution in [1.82, 2.24) is 9.88 Å². The van der Waals surface area contributed by atoms with E-state index in [9.17, 15) is 4.79 Å². The van der Waals surface area contributed by atoms with Crippen LogP contribution in [0.2, 0.25) is 0 Å². The maximum absolute atomic E-state index is 12.7. The highest BCUT2D eigenvalue weighted by atomic mass is 16.6. The third kappa shape index (κ3) is 2.76. The topological polar surface area (TPSA) is 77.7 Å². The van der Waals surface area contributed by atoms with E-state index in [0.29, 0.717) is 5.69 Å². The largest absolute Gasteiger partial charge is 0.444 e. The fraction of sp³-hybridized carbons (Fsp3) is 0.647. The number of nitrogens with two attached hydrogens (primary N) is 1. The van der Waals surface area contributed by atoms with Crippen molar-refractivity contribution < 1.29 is 14.3 Å². The molecule has 2 heterocycles. The number of carbonyl (C=O) groups excluding carboxylic acids is 1. The Hall–Kier alpha value is -1.82. The van der Waals surface area contributed by atoms with Crippen LogP contribution in [0.25, 0.3) is 0 Å². The van der Waals surface area contributed by atoms with Crippen LogP contribution in [0.5, 0.6) is 0 Å². The molecule has 0 saturated carbocycles. The van der Waals surface area contributed by atoms with Gasteiger partial charge < -0.3 is 15.2 Å². The predicted octanol–water partition coefficient (Wildman–Crippen LogP) is 3.02. The first-order valence-electron chi connectivity index (χ1n) is 8.02. The highest BCUT2D eigenvalue weighted by molar-refractivity contribution is 5.70. The molecule has 23 heavy (non-hydrogen) atoms. The van der Waals surface area contributed by atoms with E-state index in [1.165, 1.54) is 0 Å². The summed E-state index contributed by atoms with van der Waals surface area (Å²) in [5.41, 5.74) is 7.54. The van der Waals surface area contributed by atoms with Crippen LogP contribution in [-0.4, -0.2) is 33.3 Å². The van der Waals surface area contributed by atoms with Gasteiger partial charge in [-0.2, -0.15) is 0 Å². The number of rotatable bonds is 0. The Kier molecular flexibility index (Phi) is 3.55. The van der Waals surface area contributed by atoms with Gasteiger partial charge >= 0.3 is 6.09 Å². The van der Waals surface area contributed by atoms with Crippen molar-refractivity contribution in [3.05, 3.63) is 23.5 Å². The van der Waals surface area contributed by atoms with Crippen molar-refractivity contribution in [2.45, 2.75) is 70.9 Å². The lowest BCUT2D eigenvalue weighted by molar-refractivity contribution is -0.0794. The number of pyridine rings is 1. The van der Waals surface area contributed by atoms with Crippen molar-refractivity contribution in [1.29, 1.82) is 0 Å². The Morgan fingerprint density at radius 1 is 1.43 bits per heavy atom. The Morgan fingerprint density at radius 2 is 2.13 bits per heavy atom. The van der Waals surface area contributed by atoms with E-state index in [1.54, 1.807) is 17.3 Å². The lowest BCUT2D eigenvalue weighted by atomic mass is 9.86. The number of hydrogen-bond acceptors (Lipinski definition) is 5. The van der Waals surface area contributed by atoms with Crippen molar-refractivity contribution >= 4 is 11.8 Å². The molecule has 1 unspecified atom stereocenters. The zero-order valence-corrected chi connectivity index (χ0v) is 14.4. The second-order valence-corrected chi connectivity index (χ2v) is 7.74. The van der Waals surface area contributed by atoms with Crippen LogP contribution < -0.4 is 5.73 Å². The molecule has 1 fully saturated rings. The quantitative estimate of drug-likeness (QED) is 0.795. The summed E-state index contributed by atoms with van der Waals surface area (Å²) in [4.78, 5) is 18.6. The van der Waals surface area contributed by atoms with Gasteiger partial charge in [0.1, 0.15) is 17.4 Å². The molecule has 6 nitrogen and oxygen atoms in total. The molecule has 1 amide bonds. The molecular formula is C17H25N3O3. The van der Waals surface area contributed by atoms with Crippen LogP contribution in [0.1, 0.15) is 58.3 Å². The summed E-state index contributed by atoms with van der Waals surface area (Å²) < 4.78 is 11.8. The Bertz CT molecular complexity index is 636. The molecule has 6 heteroatoms. The molecule has 2 aliphatic rings. The van der Waals surface area contributed by atoms with E-state index in [4.69, 9.17) is 15.2 Å². The molecule has 0 radical (unpaired) electrons. The number of aromatic nitrogens is 1. The first kappa shape index (κ1) is 16.1. The molecule has 2 N–H and O–H groups in total. The third-order valence-corrected chi connectivity index (χ3v) is 4.39. The summed E-state index contributed by atoms with van der Waals surface area (Å²) in [7, 11) is 0. The summed E-state index contributed by atoms with van der Waals surface area (Å²) in [6, 6.07) is -0.0593. The van der Waals surface area contributed by atoms with Gasteiger partial charge in [-0.05, 0) is 53.0 Å². The molecule has 0 bridgehead atoms. The highest BCUT2D eigenvalue weighted by Crippen LogP contribution is 2.47. The fourth-order valence-electron chi connectivity index (χ4n) is 3.54. The lowest BCUT2D eigenvalue weighted by Gasteiger charge is -2.36. The third-order valence-electron chi connectivity index (χ3n) is 4.39. The average Bonchev–Trinajstić information content (AvgIpc) is 2.67. The molecule has 2 atom stereocenters. The van der Waals surface area contributed by atoms with Gasteiger partial charge in [0.15, 0.2) is 0 Å². The van der Waals surface area contributed by atoms with Gasteiger partial charge in [0.2, 0.25) is 0 Å². The molecule has 1 aromatic heterocycles. The van der Waals surface area contributed by atoms with Crippen molar-refractivity contribution in [2.24, 2.45) is 0 Å². The molecule has 0 aromatic carbocycles. The number of fused-ring (bicyclic) bond motifs is 3. The molecule has 1 aliphatic heterocycles. The maximum Gasteiger partial charge on any atom is 0.412 e. The van der Waals surface area contributed by atoms with Gasteiger partial charge in [-0.1, -0.05) is 0 Å². The molecule has 1 saturated heterocycles. The number of anilines is 1. The van der Waals surface area contributed by atoms with E-state index >= 15 is 0 Å². The van der Waals surface area contributed by atoms with E-state index in [1.807, 2.05) is 34.6 Å². The first-order valence-corrected chi connectivity index (χ1v) is 8.02. The SMILES string of the molecule is CC(C)(C)OC(=O)N1[C@H]2CCc3c(N)cncc3C2OC1(C)C. The second kappa shape index (κ2) is 5.09. The minimum Gasteiger partial charge on any atom is -0.444 e. The molecule has 3 rings (SSSR count). The zero-order chi connectivity index (χ0) is 17.0. The number of amides is 1. The van der Waals surface area contributed by atoms with Crippen LogP contribution in [0.4, 0.5) is 10.5 Å². The van der Waals surface area contributed by atoms with Crippen LogP contribution in [0.3, 0.4) is 0 Å². The van der Waals surface area contributed by atoms with Crippen molar-refractivity contribution in [3.63, 3.8) is 0 Å². The smallest absolute Gasteiger partial charge is 0.412 e. The van der Waals surface area contributed by atoms with Crippen molar-refractivity contribution in [3.8, 4) is 0 Å². The van der Waals surface area contributed by atoms with Gasteiger partial charge in [-0.15, -0.1) is 0 Å². The van der Waals surface area contributed by atoms with Gasteiger partial charge in [0.05, 0.1) is 17.9 Å². The van der Waals surface area contributed by atoms with Crippen LogP contribution >= 0.6 is 0 Å². The Labute approximate surface area is 137 Å². The summed E-state index contributed by atoms with van der Waals surface area (Å²) >= 11 is 0. The molecule has 126 valence electrons. The number of nitrogens with zero attached hydrogens (tertiary/aromatic N) is 2. The standard InChI is InChI=1S/C17H25N3O3/c1-16(2,3)23-15(21)20-13-7-6-10-11(8-19-9-12(10)18)14(13)22-17(20,4)5/h8-9,13-14H,6-7,18H2,1-5H3/t13-,14?/m0/s1. The number of ether oxygens (including phenoxy) is 2. The zero-order valence-electron chi connectivity index (χ0n) is 14.4. The van der Waals surface area contributed by atoms with Crippen LogP contribution in [0, 0.1) is 0 Å². The van der Waals surface area contributed by atoms with Crippen LogP contribution in [-0.2, 0) is 15.9 Å². The molecular weight excluding hydrogens is 294 g/mol. The average molecular weight is 319 g/mol. The van der Waals surface area contributed by atoms with Gasteiger partial charge in [-0.25, -0.2) is 4.79 Å². The predicted molar refractivity (Wildman–Crippen MR) is 86.7 cm³/mol. The van der Waals surface area contributed by atoms with Gasteiger partial charge in [0.25, 0.3) is 0 Å². The summed E-state index contributed by atoms with van der Waals surface area (Å²) in [5.74, 6) is 0. The summed E-state index contributed by atoms with van der Waals surface area (Å²) in [6.45, 7) is 9.40. The van der Waals surface area contributed by atoms with Gasteiger partial charge in [-0.3, -0.25) is 9.88 Å². The van der Waals surface area contributed by atoms with Crippen LogP contribution in [0.15, 0.2) is 12.4 Å². The first-order chi connectivity index (χ1) is 10.6. The lowest BCUT2D eigenvalue weighted by Crippen LogP contribution is -2.50. The fourth-order valence-corrected chi connectivity index (χ4v) is 3.54. The van der Waals surface area contributed by atoms with E-state index in [0.717, 1.165) is 24.0 Å². The summed E-state index contributed by atoms with van der Waals surface area (Å²) in [5, 5.41) is 0. The Morgan fingerprint density at radius 3 is 2.78 bits per heavy atom. The minimum absolute atomic E-state index is 0.0593. The molecule has 1 aromatic rings. The van der Waals surface area contributed by atoms with Crippen molar-refractivity contribution in [2.75, 3.05) is 5.73 Å². The monoisotopic (exact) mass is 319 g/mol. The van der Waals surface area contributed by atoms with E-state index in [2.05, 4.69) is 4.98 Å². The normalized spacial score (nSPS) is 25.7. The van der Waals surface area contributed by atoms with E-state index in [-0.39, 0.29) is 18.2 Å². The summed E-state index contributed by atoms with van der Waals surface area (Å²) in [6.07, 6.45) is 4.54. The van der Waals surface area contributed by atoms with Gasteiger partial charge in [0, 0.05) is 11.8 Å². The molecule has 0 spiro atoms. The second-order valence-electron chi connectivity index (χ2n) is 7.74. The number of carbonyl (C=O) groups is 1. The number of hydrogen-bond donors (Lipinski definition) is 1. The Balaban J connectivity index is 1.95. The minimum atomic E-state index is -0.732. The maximum atomic E-state index is 12.7.